The molecule has 0 amide bonds. The van der Waals surface area contributed by atoms with Crippen molar-refractivity contribution < 1.29 is 0 Å². The summed E-state index contributed by atoms with van der Waals surface area (Å²) in [4.78, 5) is 11.6. The lowest BCUT2D eigenvalue weighted by Crippen LogP contribution is -2.29. The van der Waals surface area contributed by atoms with Crippen LogP contribution < -0.4 is 4.90 Å². The normalized spacial score (nSPS) is 15.3. The second-order valence-electron chi connectivity index (χ2n) is 5.99. The lowest BCUT2D eigenvalue weighted by Gasteiger charge is -2.25. The summed E-state index contributed by atoms with van der Waals surface area (Å²) in [5.41, 5.74) is 4.48. The Hall–Kier alpha value is -2.15. The van der Waals surface area contributed by atoms with E-state index in [1.165, 1.54) is 31.2 Å². The maximum Gasteiger partial charge on any atom is 0.229 e. The van der Waals surface area contributed by atoms with E-state index in [0.717, 1.165) is 41.3 Å². The maximum atomic E-state index is 4.89. The second-order valence-corrected chi connectivity index (χ2v) is 6.83. The summed E-state index contributed by atoms with van der Waals surface area (Å²) in [7, 11) is 0. The van der Waals surface area contributed by atoms with Gasteiger partial charge >= 0.3 is 0 Å². The van der Waals surface area contributed by atoms with Crippen LogP contribution in [0.5, 0.6) is 0 Å². The van der Waals surface area contributed by atoms with Gasteiger partial charge in [-0.25, -0.2) is 10.1 Å². The Morgan fingerprint density at radius 1 is 1.17 bits per heavy atom. The number of H-pyrrole nitrogens is 1. The average Bonchev–Trinajstić information content (AvgIpc) is 3.29. The molecule has 3 aromatic heterocycles. The van der Waals surface area contributed by atoms with Gasteiger partial charge in [-0.15, -0.1) is 11.3 Å². The molecule has 1 aliphatic heterocycles. The number of hydrogen-bond acceptors (Lipinski definition) is 5. The van der Waals surface area contributed by atoms with Crippen LogP contribution in [0.25, 0.3) is 17.2 Å². The zero-order chi connectivity index (χ0) is 15.8. The predicted octanol–water partition coefficient (Wildman–Crippen LogP) is 3.33. The molecule has 0 unspecified atom stereocenters. The molecule has 120 valence electrons. The molecule has 0 bridgehead atoms. The number of piperidine rings is 1. The Balaban J connectivity index is 1.69. The molecule has 1 aliphatic rings. The van der Waals surface area contributed by atoms with Gasteiger partial charge in [0.1, 0.15) is 6.33 Å². The monoisotopic (exact) mass is 328 g/mol. The third-order valence-corrected chi connectivity index (χ3v) is 5.34. The van der Waals surface area contributed by atoms with Crippen LogP contribution in [-0.4, -0.2) is 37.8 Å². The Labute approximate surface area is 139 Å². The Kier molecular flexibility index (Phi) is 3.65. The van der Waals surface area contributed by atoms with Crippen LogP contribution in [0.2, 0.25) is 0 Å². The molecule has 1 N–H and O–H groups in total. The first-order valence-electron chi connectivity index (χ1n) is 7.99. The predicted molar refractivity (Wildman–Crippen MR) is 92.4 cm³/mol. The average molecular weight is 328 g/mol. The Morgan fingerprint density at radius 3 is 2.74 bits per heavy atom. The molecule has 0 atom stereocenters. The molecule has 3 aromatic rings. The summed E-state index contributed by atoms with van der Waals surface area (Å²) in [6, 6.07) is 2.17. The van der Waals surface area contributed by atoms with E-state index < -0.39 is 0 Å². The lowest BCUT2D eigenvalue weighted by atomic mass is 10.1. The van der Waals surface area contributed by atoms with Gasteiger partial charge < -0.3 is 4.90 Å². The van der Waals surface area contributed by atoms with E-state index in [-0.39, 0.29) is 0 Å². The van der Waals surface area contributed by atoms with Gasteiger partial charge in [-0.3, -0.25) is 4.57 Å². The highest BCUT2D eigenvalue weighted by Gasteiger charge is 2.18. The summed E-state index contributed by atoms with van der Waals surface area (Å²) in [6.07, 6.45) is 5.42. The second kappa shape index (κ2) is 5.81. The molecule has 0 spiro atoms. The molecule has 4 rings (SSSR count). The van der Waals surface area contributed by atoms with E-state index in [9.17, 15) is 0 Å². The lowest BCUT2D eigenvalue weighted by molar-refractivity contribution is 0.577. The van der Waals surface area contributed by atoms with Crippen LogP contribution in [0.3, 0.4) is 0 Å². The van der Waals surface area contributed by atoms with Crippen molar-refractivity contribution in [2.45, 2.75) is 33.1 Å². The van der Waals surface area contributed by atoms with Gasteiger partial charge in [-0.1, -0.05) is 0 Å². The largest absolute Gasteiger partial charge is 0.348 e. The van der Waals surface area contributed by atoms with E-state index in [4.69, 9.17) is 4.98 Å². The summed E-state index contributed by atoms with van der Waals surface area (Å²) in [5, 5.41) is 10.2. The standard InChI is InChI=1S/C16H20N6S/c1-11-8-13(12(2)22(11)15-17-10-18-20-15)14-9-23-16(19-14)21-6-4-3-5-7-21/h8-10H,3-7H2,1-2H3,(H,17,18,20). The van der Waals surface area contributed by atoms with Crippen molar-refractivity contribution in [3.8, 4) is 17.2 Å². The van der Waals surface area contributed by atoms with Crippen molar-refractivity contribution in [2.75, 3.05) is 18.0 Å². The number of thiazole rings is 1. The van der Waals surface area contributed by atoms with Gasteiger partial charge in [-0.05, 0) is 39.2 Å². The SMILES string of the molecule is Cc1cc(-c2csc(N3CCCCC3)n2)c(C)n1-c1ncn[nH]1. The first-order chi connectivity index (χ1) is 11.2. The van der Waals surface area contributed by atoms with Gasteiger partial charge in [0.05, 0.1) is 5.69 Å². The number of hydrogen-bond donors (Lipinski definition) is 1. The fourth-order valence-corrected chi connectivity index (χ4v) is 4.15. The Morgan fingerprint density at radius 2 is 2.00 bits per heavy atom. The fourth-order valence-electron chi connectivity index (χ4n) is 3.27. The number of nitrogens with one attached hydrogen (secondary N) is 1. The molecule has 6 nitrogen and oxygen atoms in total. The number of anilines is 1. The third-order valence-electron chi connectivity index (χ3n) is 4.44. The summed E-state index contributed by atoms with van der Waals surface area (Å²) in [6.45, 7) is 6.44. The molecule has 0 aliphatic carbocycles. The topological polar surface area (TPSA) is 62.6 Å². The van der Waals surface area contributed by atoms with Gasteiger partial charge in [0.25, 0.3) is 0 Å². The quantitative estimate of drug-likeness (QED) is 0.801. The first-order valence-corrected chi connectivity index (χ1v) is 8.87. The first kappa shape index (κ1) is 14.4. The molecule has 0 aromatic carbocycles. The number of aromatic nitrogens is 5. The van der Waals surface area contributed by atoms with Gasteiger partial charge in [0, 0.05) is 35.4 Å². The minimum Gasteiger partial charge on any atom is -0.348 e. The molecule has 0 radical (unpaired) electrons. The minimum atomic E-state index is 0.748. The number of nitrogens with zero attached hydrogens (tertiary/aromatic N) is 5. The van der Waals surface area contributed by atoms with E-state index >= 15 is 0 Å². The van der Waals surface area contributed by atoms with Crippen LogP contribution in [0.1, 0.15) is 30.7 Å². The van der Waals surface area contributed by atoms with Crippen LogP contribution >= 0.6 is 11.3 Å². The van der Waals surface area contributed by atoms with Crippen molar-refractivity contribution in [3.05, 3.63) is 29.2 Å². The van der Waals surface area contributed by atoms with Crippen molar-refractivity contribution in [2.24, 2.45) is 0 Å². The summed E-state index contributed by atoms with van der Waals surface area (Å²) in [5.74, 6) is 0.748. The molecular formula is C16H20N6S. The summed E-state index contributed by atoms with van der Waals surface area (Å²) < 4.78 is 2.09. The molecule has 1 saturated heterocycles. The Bertz CT molecular complexity index is 795. The van der Waals surface area contributed by atoms with Crippen LogP contribution in [0, 0.1) is 13.8 Å². The zero-order valence-electron chi connectivity index (χ0n) is 13.4. The van der Waals surface area contributed by atoms with Crippen molar-refractivity contribution in [1.29, 1.82) is 0 Å². The molecular weight excluding hydrogens is 308 g/mol. The van der Waals surface area contributed by atoms with Crippen LogP contribution in [-0.2, 0) is 0 Å². The smallest absolute Gasteiger partial charge is 0.229 e. The van der Waals surface area contributed by atoms with Crippen LogP contribution in [0.15, 0.2) is 17.8 Å². The maximum absolute atomic E-state index is 4.89. The summed E-state index contributed by atoms with van der Waals surface area (Å²) >= 11 is 1.74. The third kappa shape index (κ3) is 2.55. The van der Waals surface area contributed by atoms with Crippen molar-refractivity contribution >= 4 is 16.5 Å². The molecule has 0 saturated carbocycles. The number of aromatic amines is 1. The van der Waals surface area contributed by atoms with E-state index in [0.29, 0.717) is 0 Å². The minimum absolute atomic E-state index is 0.748. The van der Waals surface area contributed by atoms with Crippen molar-refractivity contribution in [1.82, 2.24) is 24.7 Å². The molecule has 23 heavy (non-hydrogen) atoms. The zero-order valence-corrected chi connectivity index (χ0v) is 14.2. The number of rotatable bonds is 3. The number of aryl methyl sites for hydroxylation is 1. The highest BCUT2D eigenvalue weighted by atomic mass is 32.1. The van der Waals surface area contributed by atoms with Gasteiger partial charge in [0.15, 0.2) is 5.13 Å². The highest BCUT2D eigenvalue weighted by Crippen LogP contribution is 2.33. The van der Waals surface area contributed by atoms with Crippen molar-refractivity contribution in [3.63, 3.8) is 0 Å². The van der Waals surface area contributed by atoms with Crippen LogP contribution in [0.4, 0.5) is 5.13 Å². The highest BCUT2D eigenvalue weighted by molar-refractivity contribution is 7.14. The van der Waals surface area contributed by atoms with E-state index in [1.54, 1.807) is 11.3 Å². The van der Waals surface area contributed by atoms with Gasteiger partial charge in [0.2, 0.25) is 5.95 Å². The van der Waals surface area contributed by atoms with E-state index in [2.05, 4.69) is 49.9 Å². The molecule has 1 fully saturated rings. The molecule has 7 heteroatoms. The fraction of sp³-hybridized carbons (Fsp3) is 0.438. The molecule has 4 heterocycles. The van der Waals surface area contributed by atoms with Gasteiger partial charge in [-0.2, -0.15) is 10.1 Å². The van der Waals surface area contributed by atoms with E-state index in [1.807, 2.05) is 0 Å².